The Bertz CT molecular complexity index is 442. The van der Waals surface area contributed by atoms with E-state index in [0.29, 0.717) is 12.5 Å². The molecule has 3 nitrogen and oxygen atoms in total. The smallest absolute Gasteiger partial charge is 0.176 e. The molecule has 1 aromatic carbocycles. The molecule has 0 radical (unpaired) electrons. The van der Waals surface area contributed by atoms with Gasteiger partial charge in [-0.1, -0.05) is 12.1 Å². The number of Topliss-reactive ketones (excluding diaryl/α,β-unsaturated/α-hetero) is 1. The van der Waals surface area contributed by atoms with Crippen LogP contribution < -0.4 is 0 Å². The minimum atomic E-state index is 0.177. The Balaban J connectivity index is 1.97. The van der Waals surface area contributed by atoms with Crippen LogP contribution in [0.1, 0.15) is 27.9 Å². The third-order valence-corrected chi connectivity index (χ3v) is 3.82. The Morgan fingerprint density at radius 1 is 1.39 bits per heavy atom. The van der Waals surface area contributed by atoms with Crippen molar-refractivity contribution in [1.82, 2.24) is 4.90 Å². The van der Waals surface area contributed by atoms with Gasteiger partial charge in [0.15, 0.2) is 5.78 Å². The van der Waals surface area contributed by atoms with Crippen LogP contribution in [0.25, 0.3) is 0 Å². The lowest BCUT2D eigenvalue weighted by Gasteiger charge is -2.14. The number of likely N-dealkylation sites (tertiary alicyclic amines) is 1. The number of ketones is 1. The monoisotopic (exact) mass is 247 g/mol. The zero-order chi connectivity index (χ0) is 13.1. The molecule has 0 bridgehead atoms. The number of aryl methyl sites for hydroxylation is 2. The van der Waals surface area contributed by atoms with Gasteiger partial charge in [-0.2, -0.15) is 0 Å². The molecule has 1 fully saturated rings. The van der Waals surface area contributed by atoms with Gasteiger partial charge in [0.1, 0.15) is 0 Å². The zero-order valence-electron chi connectivity index (χ0n) is 11.1. The summed E-state index contributed by atoms with van der Waals surface area (Å²) in [5, 5.41) is 9.09. The van der Waals surface area contributed by atoms with Gasteiger partial charge in [-0.15, -0.1) is 0 Å². The van der Waals surface area contributed by atoms with Gasteiger partial charge in [0.2, 0.25) is 0 Å². The number of nitrogens with zero attached hydrogens (tertiary/aromatic N) is 1. The average Bonchev–Trinajstić information content (AvgIpc) is 2.80. The minimum absolute atomic E-state index is 0.177. The van der Waals surface area contributed by atoms with Crippen molar-refractivity contribution < 1.29 is 9.90 Å². The highest BCUT2D eigenvalue weighted by Crippen LogP contribution is 2.16. The SMILES string of the molecule is Cc1ccc(C(=O)CN2CCC(CO)C2)cc1C. The van der Waals surface area contributed by atoms with Crippen molar-refractivity contribution in [2.45, 2.75) is 20.3 Å². The lowest BCUT2D eigenvalue weighted by molar-refractivity contribution is 0.0940. The quantitative estimate of drug-likeness (QED) is 0.825. The second-order valence-electron chi connectivity index (χ2n) is 5.29. The van der Waals surface area contributed by atoms with Crippen LogP contribution in [0.2, 0.25) is 0 Å². The van der Waals surface area contributed by atoms with E-state index in [-0.39, 0.29) is 12.4 Å². The molecule has 98 valence electrons. The molecule has 1 atom stereocenters. The highest BCUT2D eigenvalue weighted by Gasteiger charge is 2.23. The highest BCUT2D eigenvalue weighted by molar-refractivity contribution is 5.97. The molecule has 3 heteroatoms. The maximum absolute atomic E-state index is 12.2. The number of hydrogen-bond acceptors (Lipinski definition) is 3. The Hall–Kier alpha value is -1.19. The summed E-state index contributed by atoms with van der Waals surface area (Å²) in [4.78, 5) is 14.3. The topological polar surface area (TPSA) is 40.5 Å². The molecule has 1 aliphatic heterocycles. The fourth-order valence-electron chi connectivity index (χ4n) is 2.41. The first-order chi connectivity index (χ1) is 8.60. The summed E-state index contributed by atoms with van der Waals surface area (Å²) in [6.07, 6.45) is 0.997. The van der Waals surface area contributed by atoms with E-state index in [1.165, 1.54) is 5.56 Å². The van der Waals surface area contributed by atoms with Gasteiger partial charge in [0.05, 0.1) is 6.54 Å². The first-order valence-corrected chi connectivity index (χ1v) is 6.54. The van der Waals surface area contributed by atoms with Crippen LogP contribution in [-0.4, -0.2) is 42.0 Å². The van der Waals surface area contributed by atoms with E-state index < -0.39 is 0 Å². The lowest BCUT2D eigenvalue weighted by atomic mass is 10.0. The van der Waals surface area contributed by atoms with Gasteiger partial charge in [0.25, 0.3) is 0 Å². The number of carbonyl (C=O) groups excluding carboxylic acids is 1. The van der Waals surface area contributed by atoms with Gasteiger partial charge >= 0.3 is 0 Å². The number of carbonyl (C=O) groups is 1. The predicted octanol–water partition coefficient (Wildman–Crippen LogP) is 1.80. The van der Waals surface area contributed by atoms with Gasteiger partial charge < -0.3 is 5.11 Å². The number of benzene rings is 1. The summed E-state index contributed by atoms with van der Waals surface area (Å²) in [6.45, 7) is 6.54. The van der Waals surface area contributed by atoms with Crippen molar-refractivity contribution in [1.29, 1.82) is 0 Å². The summed E-state index contributed by atoms with van der Waals surface area (Å²) in [7, 11) is 0. The average molecular weight is 247 g/mol. The minimum Gasteiger partial charge on any atom is -0.396 e. The van der Waals surface area contributed by atoms with E-state index in [9.17, 15) is 4.79 Å². The molecule has 0 amide bonds. The van der Waals surface area contributed by atoms with Crippen LogP contribution in [0, 0.1) is 19.8 Å². The molecule has 1 N–H and O–H groups in total. The predicted molar refractivity (Wildman–Crippen MR) is 71.9 cm³/mol. The number of aliphatic hydroxyl groups excluding tert-OH is 1. The standard InChI is InChI=1S/C15H21NO2/c1-11-3-4-14(7-12(11)2)15(18)9-16-6-5-13(8-16)10-17/h3-4,7,13,17H,5-6,8-10H2,1-2H3. The maximum atomic E-state index is 12.2. The van der Waals surface area contributed by atoms with Crippen LogP contribution in [-0.2, 0) is 0 Å². The Labute approximate surface area is 108 Å². The van der Waals surface area contributed by atoms with Gasteiger partial charge in [0, 0.05) is 18.7 Å². The molecular weight excluding hydrogens is 226 g/mol. The summed E-state index contributed by atoms with van der Waals surface area (Å²) < 4.78 is 0. The first-order valence-electron chi connectivity index (χ1n) is 6.54. The maximum Gasteiger partial charge on any atom is 0.176 e. The number of rotatable bonds is 4. The van der Waals surface area contributed by atoms with Gasteiger partial charge in [-0.05, 0) is 49.9 Å². The van der Waals surface area contributed by atoms with Crippen molar-refractivity contribution in [3.8, 4) is 0 Å². The molecule has 1 aromatic rings. The van der Waals surface area contributed by atoms with E-state index in [4.69, 9.17) is 5.11 Å². The lowest BCUT2D eigenvalue weighted by Crippen LogP contribution is -2.28. The third-order valence-electron chi connectivity index (χ3n) is 3.82. The first kappa shape index (κ1) is 13.2. The molecule has 1 unspecified atom stereocenters. The van der Waals surface area contributed by atoms with Crippen LogP contribution in [0.3, 0.4) is 0 Å². The molecule has 1 aliphatic rings. The molecule has 0 spiro atoms. The molecule has 0 aliphatic carbocycles. The fraction of sp³-hybridized carbons (Fsp3) is 0.533. The van der Waals surface area contributed by atoms with E-state index in [2.05, 4.69) is 11.8 Å². The largest absolute Gasteiger partial charge is 0.396 e. The molecular formula is C15H21NO2. The third kappa shape index (κ3) is 2.98. The molecule has 0 saturated carbocycles. The van der Waals surface area contributed by atoms with Crippen LogP contribution in [0.15, 0.2) is 18.2 Å². The Kier molecular flexibility index (Phi) is 4.15. The summed E-state index contributed by atoms with van der Waals surface area (Å²) >= 11 is 0. The highest BCUT2D eigenvalue weighted by atomic mass is 16.3. The van der Waals surface area contributed by atoms with Crippen LogP contribution >= 0.6 is 0 Å². The zero-order valence-corrected chi connectivity index (χ0v) is 11.1. The molecule has 0 aromatic heterocycles. The van der Waals surface area contributed by atoms with Gasteiger partial charge in [-0.3, -0.25) is 9.69 Å². The number of hydrogen-bond donors (Lipinski definition) is 1. The molecule has 2 rings (SSSR count). The normalized spacial score (nSPS) is 20.3. The van der Waals surface area contributed by atoms with Gasteiger partial charge in [-0.25, -0.2) is 0 Å². The number of aliphatic hydroxyl groups is 1. The molecule has 18 heavy (non-hydrogen) atoms. The Morgan fingerprint density at radius 2 is 2.17 bits per heavy atom. The molecule has 1 heterocycles. The van der Waals surface area contributed by atoms with E-state index in [1.807, 2.05) is 25.1 Å². The summed E-state index contributed by atoms with van der Waals surface area (Å²) in [5.74, 6) is 0.522. The van der Waals surface area contributed by atoms with E-state index >= 15 is 0 Å². The second-order valence-corrected chi connectivity index (χ2v) is 5.29. The van der Waals surface area contributed by atoms with E-state index in [1.54, 1.807) is 0 Å². The van der Waals surface area contributed by atoms with Crippen molar-refractivity contribution in [2.24, 2.45) is 5.92 Å². The van der Waals surface area contributed by atoms with Crippen molar-refractivity contribution >= 4 is 5.78 Å². The van der Waals surface area contributed by atoms with Crippen molar-refractivity contribution in [2.75, 3.05) is 26.2 Å². The van der Waals surface area contributed by atoms with E-state index in [0.717, 1.165) is 30.6 Å². The fourth-order valence-corrected chi connectivity index (χ4v) is 2.41. The van der Waals surface area contributed by atoms with Crippen LogP contribution in [0.5, 0.6) is 0 Å². The second kappa shape index (κ2) is 5.63. The van der Waals surface area contributed by atoms with Crippen molar-refractivity contribution in [3.63, 3.8) is 0 Å². The summed E-state index contributed by atoms with van der Waals surface area (Å²) in [6, 6.07) is 5.88. The summed E-state index contributed by atoms with van der Waals surface area (Å²) in [5.41, 5.74) is 3.18. The van der Waals surface area contributed by atoms with Crippen molar-refractivity contribution in [3.05, 3.63) is 34.9 Å². The van der Waals surface area contributed by atoms with Crippen LogP contribution in [0.4, 0.5) is 0 Å². The molecule has 1 saturated heterocycles. The Morgan fingerprint density at radius 3 is 2.78 bits per heavy atom.